The minimum absolute atomic E-state index is 0.00333. The van der Waals surface area contributed by atoms with Gasteiger partial charge < -0.3 is 21.3 Å². The molecule has 3 fully saturated rings. The van der Waals surface area contributed by atoms with Crippen LogP contribution in [0.4, 0.5) is 17.1 Å². The highest BCUT2D eigenvalue weighted by Gasteiger charge is 2.44. The number of aromatic nitrogens is 1. The summed E-state index contributed by atoms with van der Waals surface area (Å²) < 4.78 is 0. The van der Waals surface area contributed by atoms with Gasteiger partial charge in [0.05, 0.1) is 22.3 Å². The number of rotatable bonds is 9. The van der Waals surface area contributed by atoms with Crippen LogP contribution in [0.1, 0.15) is 58.6 Å². The number of aromatic hydroxyl groups is 2. The number of pyridine rings is 1. The van der Waals surface area contributed by atoms with Crippen molar-refractivity contribution in [3.05, 3.63) is 94.0 Å². The summed E-state index contributed by atoms with van der Waals surface area (Å²) >= 11 is 0. The number of nitrogens with one attached hydrogen (secondary N) is 2. The number of hydroxylamine groups is 1. The summed E-state index contributed by atoms with van der Waals surface area (Å²) in [6.07, 6.45) is 4.12. The smallest absolute Gasteiger partial charge is 0.278 e. The van der Waals surface area contributed by atoms with E-state index in [1.807, 2.05) is 12.1 Å². The summed E-state index contributed by atoms with van der Waals surface area (Å²) in [6, 6.07) is 15.5. The predicted octanol–water partition coefficient (Wildman–Crippen LogP) is 5.95. The van der Waals surface area contributed by atoms with Crippen molar-refractivity contribution in [1.29, 1.82) is 0 Å². The maximum absolute atomic E-state index is 13.2. The molecule has 1 aromatic heterocycles. The van der Waals surface area contributed by atoms with Gasteiger partial charge in [0.2, 0.25) is 0 Å². The quantitative estimate of drug-likeness (QED) is 0.0496. The normalized spacial score (nSPS) is 20.9. The van der Waals surface area contributed by atoms with Crippen molar-refractivity contribution in [2.75, 3.05) is 24.1 Å². The number of phenols is 2. The van der Waals surface area contributed by atoms with Crippen LogP contribution in [0.3, 0.4) is 0 Å². The molecule has 0 spiro atoms. The average Bonchev–Trinajstić information content (AvgIpc) is 3.05. The van der Waals surface area contributed by atoms with Crippen LogP contribution in [0.5, 0.6) is 11.5 Å². The number of benzene rings is 3. The number of carbonyl (C=O) groups excluding carboxylic acids is 2. The van der Waals surface area contributed by atoms with Crippen LogP contribution < -0.4 is 16.5 Å². The summed E-state index contributed by atoms with van der Waals surface area (Å²) in [6.45, 7) is 4.07. The number of amides is 2. The Morgan fingerprint density at radius 3 is 2.63 bits per heavy atom. The van der Waals surface area contributed by atoms with Crippen molar-refractivity contribution in [3.63, 3.8) is 0 Å². The van der Waals surface area contributed by atoms with E-state index in [0.29, 0.717) is 34.1 Å². The molecule has 0 saturated carbocycles. The molecule has 7 rings (SSSR count). The van der Waals surface area contributed by atoms with Crippen LogP contribution >= 0.6 is 0 Å². The Hall–Kier alpha value is -5.36. The van der Waals surface area contributed by atoms with E-state index in [4.69, 9.17) is 16.1 Å². The number of azide groups is 1. The molecule has 2 bridgehead atoms. The molecular weight excluding hydrogens is 588 g/mol. The Labute approximate surface area is 264 Å². The number of para-hydroxylation sites is 1. The second-order valence-electron chi connectivity index (χ2n) is 11.7. The van der Waals surface area contributed by atoms with Gasteiger partial charge in [-0.15, -0.1) is 0 Å². The standard InChI is InChI=1S/C33H34N8O5/c1-2-18-17-41-13-11-19(18)14-27(41)31(46-39-33(45)25-8-6-20(34)15-28(25)42)23-10-12-36-30-22(23)4-3-5-26(30)37-32(44)24-9-7-21(38-40-35)16-29(24)43/h3-10,12,15-16,18-19,27,31,42-43H,2,11,13-14,17,34H2,1H3,(H,37,44)(H,39,45)/t18-,19-,27?,31+/m0/s1. The van der Waals surface area contributed by atoms with Gasteiger partial charge in [-0.05, 0) is 78.7 Å². The molecule has 3 aliphatic heterocycles. The number of fused-ring (bicyclic) bond motifs is 4. The maximum Gasteiger partial charge on any atom is 0.278 e. The van der Waals surface area contributed by atoms with Crippen molar-refractivity contribution >= 4 is 39.8 Å². The molecule has 46 heavy (non-hydrogen) atoms. The monoisotopic (exact) mass is 622 g/mol. The van der Waals surface area contributed by atoms with E-state index in [0.717, 1.165) is 37.9 Å². The lowest BCUT2D eigenvalue weighted by molar-refractivity contribution is -0.106. The highest BCUT2D eigenvalue weighted by molar-refractivity contribution is 6.10. The number of piperidine rings is 3. The highest BCUT2D eigenvalue weighted by Crippen LogP contribution is 2.44. The Morgan fingerprint density at radius 1 is 1.13 bits per heavy atom. The largest absolute Gasteiger partial charge is 0.507 e. The number of nitrogens with zero attached hydrogens (tertiary/aromatic N) is 5. The summed E-state index contributed by atoms with van der Waals surface area (Å²) in [7, 11) is 0. The molecule has 3 aromatic carbocycles. The third-order valence-electron chi connectivity index (χ3n) is 9.10. The molecule has 3 aliphatic rings. The van der Waals surface area contributed by atoms with Crippen molar-refractivity contribution in [3.8, 4) is 11.5 Å². The molecule has 3 saturated heterocycles. The molecule has 2 amide bonds. The molecule has 6 N–H and O–H groups in total. The summed E-state index contributed by atoms with van der Waals surface area (Å²) in [5, 5.41) is 27.7. The lowest BCUT2D eigenvalue weighted by Crippen LogP contribution is -2.56. The summed E-state index contributed by atoms with van der Waals surface area (Å²) in [4.78, 5) is 42.3. The molecule has 236 valence electrons. The molecule has 5 atom stereocenters. The zero-order valence-electron chi connectivity index (χ0n) is 25.1. The number of carbonyl (C=O) groups is 2. The first-order valence-electron chi connectivity index (χ1n) is 15.1. The first kappa shape index (κ1) is 30.7. The minimum Gasteiger partial charge on any atom is -0.507 e. The highest BCUT2D eigenvalue weighted by atomic mass is 16.7. The Morgan fingerprint density at radius 2 is 1.91 bits per heavy atom. The summed E-state index contributed by atoms with van der Waals surface area (Å²) in [5.74, 6) is -0.641. The fourth-order valence-corrected chi connectivity index (χ4v) is 6.78. The maximum atomic E-state index is 13.2. The lowest BCUT2D eigenvalue weighted by atomic mass is 9.72. The van der Waals surface area contributed by atoms with E-state index < -0.39 is 17.9 Å². The zero-order chi connectivity index (χ0) is 32.4. The SMILES string of the molecule is CC[C@H]1CN2CC[C@H]1CC2[C@H](ONC(=O)c1ccc(N)cc1O)c1ccnc2c(NC(=O)c3ccc(N=[N+]=[N-])cc3O)cccc12. The van der Waals surface area contributed by atoms with Gasteiger partial charge in [0.15, 0.2) is 0 Å². The van der Waals surface area contributed by atoms with Gasteiger partial charge in [-0.3, -0.25) is 24.3 Å². The molecule has 4 heterocycles. The van der Waals surface area contributed by atoms with E-state index >= 15 is 0 Å². The van der Waals surface area contributed by atoms with Gasteiger partial charge >= 0.3 is 0 Å². The van der Waals surface area contributed by atoms with Crippen molar-refractivity contribution in [2.45, 2.75) is 38.3 Å². The van der Waals surface area contributed by atoms with E-state index in [2.05, 4.69) is 37.6 Å². The van der Waals surface area contributed by atoms with E-state index in [1.165, 1.54) is 36.4 Å². The lowest BCUT2D eigenvalue weighted by Gasteiger charge is -2.51. The van der Waals surface area contributed by atoms with Gasteiger partial charge in [-0.1, -0.05) is 36.7 Å². The first-order chi connectivity index (χ1) is 22.3. The molecule has 13 nitrogen and oxygen atoms in total. The molecular formula is C33H34N8O5. The van der Waals surface area contributed by atoms with Gasteiger partial charge in [0.1, 0.15) is 17.6 Å². The predicted molar refractivity (Wildman–Crippen MR) is 172 cm³/mol. The second kappa shape index (κ2) is 12.9. The Bertz CT molecular complexity index is 1860. The van der Waals surface area contributed by atoms with E-state index in [1.54, 1.807) is 18.3 Å². The summed E-state index contributed by atoms with van der Waals surface area (Å²) in [5.41, 5.74) is 19.2. The van der Waals surface area contributed by atoms with Gasteiger partial charge in [-0.25, -0.2) is 5.48 Å². The third kappa shape index (κ3) is 5.98. The van der Waals surface area contributed by atoms with Crippen LogP contribution in [0.25, 0.3) is 21.3 Å². The molecule has 0 radical (unpaired) electrons. The van der Waals surface area contributed by atoms with E-state index in [9.17, 15) is 19.8 Å². The number of hydrogen-bond acceptors (Lipinski definition) is 9. The topological polar surface area (TPSA) is 199 Å². The number of hydrogen-bond donors (Lipinski definition) is 5. The fraction of sp³-hybridized carbons (Fsp3) is 0.303. The zero-order valence-corrected chi connectivity index (χ0v) is 25.1. The second-order valence-corrected chi connectivity index (χ2v) is 11.7. The van der Waals surface area contributed by atoms with Gasteiger partial charge in [-0.2, -0.15) is 0 Å². The number of anilines is 2. The fourth-order valence-electron chi connectivity index (χ4n) is 6.78. The Kier molecular flexibility index (Phi) is 8.62. The molecule has 13 heteroatoms. The number of nitrogens with two attached hydrogens (primary N) is 1. The van der Waals surface area contributed by atoms with Gasteiger partial charge in [0, 0.05) is 46.5 Å². The van der Waals surface area contributed by atoms with Crippen LogP contribution in [-0.4, -0.2) is 51.0 Å². The first-order valence-corrected chi connectivity index (χ1v) is 15.1. The van der Waals surface area contributed by atoms with Crippen molar-refractivity contribution in [2.24, 2.45) is 17.0 Å². The Balaban J connectivity index is 1.34. The third-order valence-corrected chi connectivity index (χ3v) is 9.10. The van der Waals surface area contributed by atoms with E-state index in [-0.39, 0.29) is 34.4 Å². The van der Waals surface area contributed by atoms with Crippen LogP contribution in [0, 0.1) is 11.8 Å². The van der Waals surface area contributed by atoms with Crippen LogP contribution in [0.15, 0.2) is 72.0 Å². The molecule has 4 aromatic rings. The van der Waals surface area contributed by atoms with Crippen molar-refractivity contribution in [1.82, 2.24) is 15.4 Å². The van der Waals surface area contributed by atoms with Crippen LogP contribution in [0.2, 0.25) is 0 Å². The minimum atomic E-state index is -0.609. The van der Waals surface area contributed by atoms with Crippen LogP contribution in [-0.2, 0) is 4.84 Å². The van der Waals surface area contributed by atoms with Gasteiger partial charge in [0.25, 0.3) is 11.8 Å². The average molecular weight is 623 g/mol. The number of phenolic OH excluding ortho intramolecular Hbond substituents is 2. The number of nitrogen functional groups attached to an aromatic ring is 1. The van der Waals surface area contributed by atoms with Crippen molar-refractivity contribution < 1.29 is 24.6 Å². The molecule has 2 unspecified atom stereocenters. The molecule has 0 aliphatic carbocycles.